The van der Waals surface area contributed by atoms with Gasteiger partial charge in [0.05, 0.1) is 22.4 Å². The zero-order chi connectivity index (χ0) is 14.8. The molecule has 0 radical (unpaired) electrons. The second-order valence-corrected chi connectivity index (χ2v) is 5.43. The highest BCUT2D eigenvalue weighted by molar-refractivity contribution is 7.21. The highest BCUT2D eigenvalue weighted by atomic mass is 32.1. The number of fused-ring (bicyclic) bond motifs is 1. The van der Waals surface area contributed by atoms with Crippen LogP contribution in [0.4, 0.5) is 4.39 Å². The smallest absolute Gasteiger partial charge is 0.338 e. The van der Waals surface area contributed by atoms with Crippen LogP contribution in [0, 0.1) is 5.82 Å². The van der Waals surface area contributed by atoms with Gasteiger partial charge in [0.25, 0.3) is 0 Å². The first-order valence-corrected chi connectivity index (χ1v) is 7.33. The number of hydrogen-bond donors (Lipinski definition) is 0. The average molecular weight is 301 g/mol. The summed E-state index contributed by atoms with van der Waals surface area (Å²) in [5.74, 6) is -0.664. The maximum atomic E-state index is 13.8. The number of nitrogens with zero attached hydrogens (tertiary/aromatic N) is 1. The Bertz CT molecular complexity index is 813. The van der Waals surface area contributed by atoms with E-state index in [4.69, 9.17) is 4.74 Å². The monoisotopic (exact) mass is 301 g/mol. The third-order valence-corrected chi connectivity index (χ3v) is 4.06. The molecule has 0 unspecified atom stereocenters. The van der Waals surface area contributed by atoms with Gasteiger partial charge in [0, 0.05) is 5.56 Å². The van der Waals surface area contributed by atoms with Gasteiger partial charge in [0.2, 0.25) is 0 Å². The van der Waals surface area contributed by atoms with Gasteiger partial charge < -0.3 is 4.74 Å². The van der Waals surface area contributed by atoms with Crippen molar-refractivity contribution in [3.05, 3.63) is 53.8 Å². The lowest BCUT2D eigenvalue weighted by Crippen LogP contribution is -2.03. The van der Waals surface area contributed by atoms with Crippen LogP contribution in [0.1, 0.15) is 17.3 Å². The number of halogens is 1. The number of thiazole rings is 1. The number of carbonyl (C=O) groups is 1. The number of benzene rings is 2. The first-order valence-electron chi connectivity index (χ1n) is 6.51. The summed E-state index contributed by atoms with van der Waals surface area (Å²) in [5.41, 5.74) is 1.69. The number of esters is 1. The molecule has 0 fully saturated rings. The first-order chi connectivity index (χ1) is 10.2. The summed E-state index contributed by atoms with van der Waals surface area (Å²) in [6.07, 6.45) is 0. The van der Waals surface area contributed by atoms with Crippen LogP contribution in [0.25, 0.3) is 20.8 Å². The van der Waals surface area contributed by atoms with Gasteiger partial charge in [-0.15, -0.1) is 11.3 Å². The van der Waals surface area contributed by atoms with Gasteiger partial charge in [0.15, 0.2) is 0 Å². The predicted molar refractivity (Wildman–Crippen MR) is 81.0 cm³/mol. The van der Waals surface area contributed by atoms with E-state index < -0.39 is 0 Å². The molecule has 5 heteroatoms. The van der Waals surface area contributed by atoms with Crippen molar-refractivity contribution in [1.29, 1.82) is 0 Å². The number of rotatable bonds is 3. The molecule has 3 nitrogen and oxygen atoms in total. The summed E-state index contributed by atoms with van der Waals surface area (Å²) in [6, 6.07) is 11.7. The standard InChI is InChI=1S/C16H12FNO2S/c1-2-20-16(19)10-7-8-13-14(9-10)21-15(18-13)11-5-3-4-6-12(11)17/h3-9H,2H2,1H3. The molecule has 3 rings (SSSR count). The van der Waals surface area contributed by atoms with Crippen LogP contribution < -0.4 is 0 Å². The third-order valence-electron chi connectivity index (χ3n) is 3.00. The maximum Gasteiger partial charge on any atom is 0.338 e. The summed E-state index contributed by atoms with van der Waals surface area (Å²) in [7, 11) is 0. The van der Waals surface area contributed by atoms with Crippen molar-refractivity contribution in [3.63, 3.8) is 0 Å². The minimum atomic E-state index is -0.361. The SMILES string of the molecule is CCOC(=O)c1ccc2nc(-c3ccccc3F)sc2c1. The molecule has 0 spiro atoms. The van der Waals surface area contributed by atoms with E-state index in [1.165, 1.54) is 17.4 Å². The Morgan fingerprint density at radius 3 is 2.86 bits per heavy atom. The number of hydrogen-bond acceptors (Lipinski definition) is 4. The largest absolute Gasteiger partial charge is 0.462 e. The zero-order valence-corrected chi connectivity index (χ0v) is 12.1. The van der Waals surface area contributed by atoms with Crippen molar-refractivity contribution in [2.45, 2.75) is 6.92 Å². The maximum absolute atomic E-state index is 13.8. The zero-order valence-electron chi connectivity index (χ0n) is 11.3. The Balaban J connectivity index is 2.05. The summed E-state index contributed by atoms with van der Waals surface area (Å²) in [4.78, 5) is 16.1. The second-order valence-electron chi connectivity index (χ2n) is 4.40. The van der Waals surface area contributed by atoms with Crippen LogP contribution in [-0.4, -0.2) is 17.6 Å². The fraction of sp³-hybridized carbons (Fsp3) is 0.125. The quantitative estimate of drug-likeness (QED) is 0.678. The molecule has 3 aromatic rings. The summed E-state index contributed by atoms with van der Waals surface area (Å²) in [6.45, 7) is 2.10. The highest BCUT2D eigenvalue weighted by Gasteiger charge is 2.13. The molecule has 0 aliphatic rings. The van der Waals surface area contributed by atoms with E-state index in [-0.39, 0.29) is 11.8 Å². The molecule has 1 heterocycles. The van der Waals surface area contributed by atoms with Crippen LogP contribution >= 0.6 is 11.3 Å². The minimum Gasteiger partial charge on any atom is -0.462 e. The van der Waals surface area contributed by atoms with Gasteiger partial charge in [-0.1, -0.05) is 12.1 Å². The van der Waals surface area contributed by atoms with Crippen LogP contribution in [-0.2, 0) is 4.74 Å². The molecular weight excluding hydrogens is 289 g/mol. The molecular formula is C16H12FNO2S. The van der Waals surface area contributed by atoms with Gasteiger partial charge in [0.1, 0.15) is 10.8 Å². The summed E-state index contributed by atoms with van der Waals surface area (Å²) < 4.78 is 19.6. The summed E-state index contributed by atoms with van der Waals surface area (Å²) >= 11 is 1.36. The van der Waals surface area contributed by atoms with Crippen LogP contribution in [0.5, 0.6) is 0 Å². The number of aromatic nitrogens is 1. The van der Waals surface area contributed by atoms with E-state index in [0.717, 1.165) is 10.2 Å². The van der Waals surface area contributed by atoms with Crippen molar-refractivity contribution in [2.24, 2.45) is 0 Å². The third kappa shape index (κ3) is 2.64. The number of ether oxygens (including phenoxy) is 1. The van der Waals surface area contributed by atoms with E-state index in [9.17, 15) is 9.18 Å². The summed E-state index contributed by atoms with van der Waals surface area (Å²) in [5, 5.41) is 0.601. The molecule has 0 aliphatic carbocycles. The second kappa shape index (κ2) is 5.61. The number of carbonyl (C=O) groups excluding carboxylic acids is 1. The topological polar surface area (TPSA) is 39.2 Å². The van der Waals surface area contributed by atoms with Crippen LogP contribution in [0.2, 0.25) is 0 Å². The normalized spacial score (nSPS) is 10.8. The van der Waals surface area contributed by atoms with Crippen molar-refractivity contribution >= 4 is 27.5 Å². The van der Waals surface area contributed by atoms with Crippen molar-refractivity contribution in [2.75, 3.05) is 6.61 Å². The molecule has 0 saturated carbocycles. The Morgan fingerprint density at radius 2 is 2.10 bits per heavy atom. The lowest BCUT2D eigenvalue weighted by Gasteiger charge is -2.00. The Kier molecular flexibility index (Phi) is 3.66. The Labute approximate surface area is 125 Å². The molecule has 0 atom stereocenters. The van der Waals surface area contributed by atoms with E-state index in [1.54, 1.807) is 43.3 Å². The lowest BCUT2D eigenvalue weighted by atomic mass is 10.2. The van der Waals surface area contributed by atoms with Gasteiger partial charge in [-0.3, -0.25) is 0 Å². The first kappa shape index (κ1) is 13.7. The van der Waals surface area contributed by atoms with Gasteiger partial charge >= 0.3 is 5.97 Å². The molecule has 2 aromatic carbocycles. The molecule has 0 amide bonds. The van der Waals surface area contributed by atoms with E-state index in [1.807, 2.05) is 0 Å². The average Bonchev–Trinajstić information content (AvgIpc) is 2.90. The van der Waals surface area contributed by atoms with Gasteiger partial charge in [-0.2, -0.15) is 0 Å². The van der Waals surface area contributed by atoms with Crippen molar-refractivity contribution < 1.29 is 13.9 Å². The van der Waals surface area contributed by atoms with E-state index >= 15 is 0 Å². The highest BCUT2D eigenvalue weighted by Crippen LogP contribution is 2.32. The van der Waals surface area contributed by atoms with Gasteiger partial charge in [-0.05, 0) is 37.3 Å². The fourth-order valence-corrected chi connectivity index (χ4v) is 3.05. The molecule has 106 valence electrons. The Hall–Kier alpha value is -2.27. The predicted octanol–water partition coefficient (Wildman–Crippen LogP) is 4.28. The van der Waals surface area contributed by atoms with Crippen molar-refractivity contribution in [1.82, 2.24) is 4.98 Å². The molecule has 1 aromatic heterocycles. The van der Waals surface area contributed by atoms with Crippen molar-refractivity contribution in [3.8, 4) is 10.6 Å². The van der Waals surface area contributed by atoms with Crippen LogP contribution in [0.3, 0.4) is 0 Å². The molecule has 0 saturated heterocycles. The molecule has 0 N–H and O–H groups in total. The van der Waals surface area contributed by atoms with Gasteiger partial charge in [-0.25, -0.2) is 14.2 Å². The fourth-order valence-electron chi connectivity index (χ4n) is 2.02. The minimum absolute atomic E-state index is 0.304. The lowest BCUT2D eigenvalue weighted by molar-refractivity contribution is 0.0526. The van der Waals surface area contributed by atoms with Crippen LogP contribution in [0.15, 0.2) is 42.5 Å². The molecule has 0 aliphatic heterocycles. The molecule has 0 bridgehead atoms. The van der Waals surface area contributed by atoms with E-state index in [0.29, 0.717) is 22.7 Å². The molecule has 21 heavy (non-hydrogen) atoms. The van der Waals surface area contributed by atoms with E-state index in [2.05, 4.69) is 4.98 Å². The Morgan fingerprint density at radius 1 is 1.29 bits per heavy atom.